The molecule has 0 saturated carbocycles. The maximum atomic E-state index is 9.21. The van der Waals surface area contributed by atoms with Gasteiger partial charge in [-0.2, -0.15) is 0 Å². The van der Waals surface area contributed by atoms with Crippen LogP contribution in [0.2, 0.25) is 0 Å². The Bertz CT molecular complexity index is 384. The van der Waals surface area contributed by atoms with Crippen molar-refractivity contribution < 1.29 is 5.11 Å². The number of aromatic nitrogens is 1. The zero-order valence-corrected chi connectivity index (χ0v) is 12.3. The number of hydrogen-bond acceptors (Lipinski definition) is 5. The highest BCUT2D eigenvalue weighted by atomic mass is 32.1. The van der Waals surface area contributed by atoms with Gasteiger partial charge in [0.05, 0.1) is 17.2 Å². The lowest BCUT2D eigenvalue weighted by atomic mass is 10.2. The molecular formula is C13H23N3OS. The molecule has 0 aliphatic carbocycles. The summed E-state index contributed by atoms with van der Waals surface area (Å²) < 4.78 is 0. The highest BCUT2D eigenvalue weighted by Gasteiger charge is 2.20. The second kappa shape index (κ2) is 5.99. The van der Waals surface area contributed by atoms with Gasteiger partial charge in [-0.1, -0.05) is 25.2 Å². The molecule has 1 fully saturated rings. The highest BCUT2D eigenvalue weighted by molar-refractivity contribution is 7.15. The van der Waals surface area contributed by atoms with Gasteiger partial charge in [-0.3, -0.25) is 4.90 Å². The molecule has 1 aromatic heterocycles. The molecule has 1 aliphatic heterocycles. The third kappa shape index (κ3) is 3.22. The summed E-state index contributed by atoms with van der Waals surface area (Å²) in [7, 11) is 0. The van der Waals surface area contributed by atoms with E-state index in [0.29, 0.717) is 0 Å². The monoisotopic (exact) mass is 269 g/mol. The Labute approximate surface area is 113 Å². The first kappa shape index (κ1) is 13.8. The van der Waals surface area contributed by atoms with Crippen LogP contribution >= 0.6 is 11.3 Å². The molecule has 18 heavy (non-hydrogen) atoms. The van der Waals surface area contributed by atoms with Crippen molar-refractivity contribution in [3.8, 4) is 0 Å². The van der Waals surface area contributed by atoms with E-state index in [1.54, 1.807) is 11.3 Å². The number of nitrogens with zero attached hydrogens (tertiary/aromatic N) is 3. The van der Waals surface area contributed by atoms with E-state index in [-0.39, 0.29) is 6.61 Å². The van der Waals surface area contributed by atoms with Crippen molar-refractivity contribution in [3.05, 3.63) is 10.6 Å². The maximum absolute atomic E-state index is 9.21. The Hall–Kier alpha value is -0.650. The van der Waals surface area contributed by atoms with E-state index < -0.39 is 0 Å². The summed E-state index contributed by atoms with van der Waals surface area (Å²) in [6.45, 7) is 12.1. The van der Waals surface area contributed by atoms with Crippen LogP contribution in [-0.4, -0.2) is 47.7 Å². The van der Waals surface area contributed by atoms with E-state index >= 15 is 0 Å². The van der Waals surface area contributed by atoms with Crippen molar-refractivity contribution in [2.75, 3.05) is 37.6 Å². The predicted octanol–water partition coefficient (Wildman–Crippen LogP) is 1.72. The maximum Gasteiger partial charge on any atom is 0.185 e. The Morgan fingerprint density at radius 2 is 1.94 bits per heavy atom. The van der Waals surface area contributed by atoms with E-state index in [2.05, 4.69) is 28.6 Å². The molecule has 1 aromatic rings. The van der Waals surface area contributed by atoms with Crippen molar-refractivity contribution >= 4 is 16.5 Å². The number of aliphatic hydroxyl groups is 1. The fourth-order valence-corrected chi connectivity index (χ4v) is 3.31. The first-order chi connectivity index (χ1) is 8.60. The fraction of sp³-hybridized carbons (Fsp3) is 0.769. The highest BCUT2D eigenvalue weighted by Crippen LogP contribution is 2.26. The van der Waals surface area contributed by atoms with Crippen LogP contribution in [0.5, 0.6) is 0 Å². The van der Waals surface area contributed by atoms with Crippen LogP contribution in [-0.2, 0) is 6.61 Å². The lowest BCUT2D eigenvalue weighted by Gasteiger charge is -2.35. The topological polar surface area (TPSA) is 39.6 Å². The van der Waals surface area contributed by atoms with Gasteiger partial charge < -0.3 is 10.0 Å². The van der Waals surface area contributed by atoms with Crippen molar-refractivity contribution in [3.63, 3.8) is 0 Å². The van der Waals surface area contributed by atoms with Gasteiger partial charge in [0.25, 0.3) is 0 Å². The van der Waals surface area contributed by atoms with Crippen LogP contribution in [0.25, 0.3) is 0 Å². The van der Waals surface area contributed by atoms with E-state index in [9.17, 15) is 5.11 Å². The van der Waals surface area contributed by atoms with Gasteiger partial charge in [0, 0.05) is 32.7 Å². The molecule has 1 aliphatic rings. The van der Waals surface area contributed by atoms with Gasteiger partial charge in [0.2, 0.25) is 0 Å². The first-order valence-electron chi connectivity index (χ1n) is 6.64. The Kier molecular flexibility index (Phi) is 4.59. The summed E-state index contributed by atoms with van der Waals surface area (Å²) in [5.41, 5.74) is 0.974. The van der Waals surface area contributed by atoms with Gasteiger partial charge in [-0.25, -0.2) is 4.98 Å². The normalized spacial score (nSPS) is 17.7. The molecule has 0 bridgehead atoms. The van der Waals surface area contributed by atoms with Crippen LogP contribution in [0.15, 0.2) is 0 Å². The Morgan fingerprint density at radius 1 is 1.28 bits per heavy atom. The first-order valence-corrected chi connectivity index (χ1v) is 7.46. The van der Waals surface area contributed by atoms with Crippen LogP contribution < -0.4 is 4.90 Å². The van der Waals surface area contributed by atoms with Gasteiger partial charge in [-0.15, -0.1) is 0 Å². The van der Waals surface area contributed by atoms with Gasteiger partial charge >= 0.3 is 0 Å². The van der Waals surface area contributed by atoms with Crippen molar-refractivity contribution in [1.82, 2.24) is 9.88 Å². The number of aryl methyl sites for hydroxylation is 1. The second-order valence-electron chi connectivity index (χ2n) is 5.34. The Morgan fingerprint density at radius 3 is 2.44 bits per heavy atom. The largest absolute Gasteiger partial charge is 0.391 e. The molecule has 5 heteroatoms. The third-order valence-corrected chi connectivity index (χ3v) is 4.49. The van der Waals surface area contributed by atoms with Gasteiger partial charge in [0.15, 0.2) is 5.13 Å². The minimum Gasteiger partial charge on any atom is -0.391 e. The molecule has 4 nitrogen and oxygen atoms in total. The minimum absolute atomic E-state index is 0.108. The average molecular weight is 269 g/mol. The summed E-state index contributed by atoms with van der Waals surface area (Å²) in [5, 5.41) is 10.3. The van der Waals surface area contributed by atoms with Crippen molar-refractivity contribution in [2.24, 2.45) is 5.92 Å². The number of thiazole rings is 1. The number of aliphatic hydroxyl groups excluding tert-OH is 1. The standard InChI is InChI=1S/C13H23N3OS/c1-10(2)8-15-4-6-16(7-5-15)13-14-11(3)12(9-17)18-13/h10,17H,4-9H2,1-3H3. The zero-order chi connectivity index (χ0) is 13.1. The lowest BCUT2D eigenvalue weighted by Crippen LogP contribution is -2.47. The molecule has 0 amide bonds. The summed E-state index contributed by atoms with van der Waals surface area (Å²) >= 11 is 1.63. The smallest absolute Gasteiger partial charge is 0.185 e. The number of hydrogen-bond donors (Lipinski definition) is 1. The van der Waals surface area contributed by atoms with Crippen molar-refractivity contribution in [2.45, 2.75) is 27.4 Å². The van der Waals surface area contributed by atoms with E-state index in [1.807, 2.05) is 6.92 Å². The van der Waals surface area contributed by atoms with Crippen LogP contribution in [0.3, 0.4) is 0 Å². The summed E-state index contributed by atoms with van der Waals surface area (Å²) in [6, 6.07) is 0. The third-order valence-electron chi connectivity index (χ3n) is 3.29. The van der Waals surface area contributed by atoms with E-state index in [1.165, 1.54) is 6.54 Å². The number of rotatable bonds is 4. The van der Waals surface area contributed by atoms with Crippen molar-refractivity contribution in [1.29, 1.82) is 0 Å². The molecule has 0 radical (unpaired) electrons. The quantitative estimate of drug-likeness (QED) is 0.903. The van der Waals surface area contributed by atoms with Crippen LogP contribution in [0.4, 0.5) is 5.13 Å². The SMILES string of the molecule is Cc1nc(N2CCN(CC(C)C)CC2)sc1CO. The molecule has 0 spiro atoms. The molecular weight excluding hydrogens is 246 g/mol. The summed E-state index contributed by atoms with van der Waals surface area (Å²) in [6.07, 6.45) is 0. The summed E-state index contributed by atoms with van der Waals surface area (Å²) in [5.74, 6) is 0.736. The number of piperazine rings is 1. The van der Waals surface area contributed by atoms with E-state index in [0.717, 1.165) is 47.8 Å². The molecule has 0 unspecified atom stereocenters. The van der Waals surface area contributed by atoms with E-state index in [4.69, 9.17) is 0 Å². The van der Waals surface area contributed by atoms with Crippen LogP contribution in [0, 0.1) is 12.8 Å². The molecule has 0 aromatic carbocycles. The average Bonchev–Trinajstić information content (AvgIpc) is 2.71. The van der Waals surface area contributed by atoms with Gasteiger partial charge in [0.1, 0.15) is 0 Å². The second-order valence-corrected chi connectivity index (χ2v) is 6.41. The molecule has 1 saturated heterocycles. The van der Waals surface area contributed by atoms with Crippen LogP contribution in [0.1, 0.15) is 24.4 Å². The molecule has 102 valence electrons. The zero-order valence-electron chi connectivity index (χ0n) is 11.5. The molecule has 1 N–H and O–H groups in total. The summed E-state index contributed by atoms with van der Waals surface area (Å²) in [4.78, 5) is 10.4. The number of anilines is 1. The molecule has 2 rings (SSSR count). The fourth-order valence-electron chi connectivity index (χ4n) is 2.33. The lowest BCUT2D eigenvalue weighted by molar-refractivity contribution is 0.231. The molecule has 2 heterocycles. The predicted molar refractivity (Wildman–Crippen MR) is 76.3 cm³/mol. The van der Waals surface area contributed by atoms with Gasteiger partial charge in [-0.05, 0) is 12.8 Å². The minimum atomic E-state index is 0.108. The Balaban J connectivity index is 1.92. The molecule has 0 atom stereocenters.